The highest BCUT2D eigenvalue weighted by Crippen LogP contribution is 2.17. The summed E-state index contributed by atoms with van der Waals surface area (Å²) in [5.74, 6) is 0.120. The van der Waals surface area contributed by atoms with Gasteiger partial charge in [0, 0.05) is 5.56 Å². The Labute approximate surface area is 167 Å². The van der Waals surface area contributed by atoms with Gasteiger partial charge >= 0.3 is 0 Å². The van der Waals surface area contributed by atoms with Crippen LogP contribution in [-0.2, 0) is 12.8 Å². The van der Waals surface area contributed by atoms with Crippen molar-refractivity contribution in [1.29, 1.82) is 0 Å². The zero-order valence-electron chi connectivity index (χ0n) is 18.9. The van der Waals surface area contributed by atoms with Gasteiger partial charge < -0.3 is 0 Å². The summed E-state index contributed by atoms with van der Waals surface area (Å²) < 4.78 is 0. The van der Waals surface area contributed by atoms with Crippen LogP contribution in [0.4, 0.5) is 0 Å². The average Bonchev–Trinajstić information content (AvgIpc) is 2.66. The minimum Gasteiger partial charge on any atom is -0.295 e. The number of aryl methyl sites for hydroxylation is 5. The third kappa shape index (κ3) is 7.95. The normalized spacial score (nSPS) is 9.96. The molecule has 0 bridgehead atoms. The van der Waals surface area contributed by atoms with Gasteiger partial charge in [0.1, 0.15) is 0 Å². The molecule has 0 unspecified atom stereocenters. The molecule has 2 aromatic rings. The van der Waals surface area contributed by atoms with Crippen molar-refractivity contribution in [2.75, 3.05) is 0 Å². The minimum atomic E-state index is 0.120. The van der Waals surface area contributed by atoms with E-state index in [2.05, 4.69) is 39.8 Å². The fourth-order valence-electron chi connectivity index (χ4n) is 2.97. The van der Waals surface area contributed by atoms with Crippen LogP contribution < -0.4 is 0 Å². The van der Waals surface area contributed by atoms with Gasteiger partial charge in [-0.25, -0.2) is 0 Å². The largest absolute Gasteiger partial charge is 0.295 e. The third-order valence-electron chi connectivity index (χ3n) is 4.58. The van der Waals surface area contributed by atoms with Gasteiger partial charge in [-0.3, -0.25) is 4.79 Å². The number of hydrogen-bond donors (Lipinski definition) is 0. The first-order chi connectivity index (χ1) is 12.8. The lowest BCUT2D eigenvalue weighted by atomic mass is 9.97. The van der Waals surface area contributed by atoms with Crippen molar-refractivity contribution in [3.8, 4) is 0 Å². The number of carbonyl (C=O) groups is 1. The maximum atomic E-state index is 11.0. The van der Waals surface area contributed by atoms with E-state index in [9.17, 15) is 4.79 Å². The Kier molecular flexibility index (Phi) is 12.0. The lowest BCUT2D eigenvalue weighted by Crippen LogP contribution is -1.93. The van der Waals surface area contributed by atoms with Crippen LogP contribution in [0.25, 0.3) is 6.08 Å². The molecule has 0 spiro atoms. The molecule has 27 heavy (non-hydrogen) atoms. The summed E-state index contributed by atoms with van der Waals surface area (Å²) in [6.07, 6.45) is 6.34. The molecule has 0 saturated carbocycles. The van der Waals surface area contributed by atoms with E-state index in [1.54, 1.807) is 6.92 Å². The molecule has 148 valence electrons. The van der Waals surface area contributed by atoms with E-state index in [-0.39, 0.29) is 5.78 Å². The van der Waals surface area contributed by atoms with Crippen molar-refractivity contribution in [2.45, 2.75) is 75.2 Å². The standard InChI is InChI=1S/C12H14O.C12H18.C2H6/c1-4-5-11-6-7-12(10(3)13)8-9(11)2;1-5-11-8-12(6-2)10(4)7-9(11)3;1-2/h4-8H,1-3H3;7-8H,5-6H2,1-4H3;1-2H3/b5-4-;;. The van der Waals surface area contributed by atoms with Gasteiger partial charge in [-0.05, 0) is 86.9 Å². The van der Waals surface area contributed by atoms with E-state index in [0.717, 1.165) is 24.0 Å². The second-order valence-electron chi connectivity index (χ2n) is 6.54. The summed E-state index contributed by atoms with van der Waals surface area (Å²) in [5, 5.41) is 0. The van der Waals surface area contributed by atoms with Gasteiger partial charge in [0.05, 0.1) is 0 Å². The van der Waals surface area contributed by atoms with Gasteiger partial charge in [-0.1, -0.05) is 64.1 Å². The molecule has 1 nitrogen and oxygen atoms in total. The molecule has 1 heteroatoms. The molecule has 0 aliphatic carbocycles. The van der Waals surface area contributed by atoms with Crippen LogP contribution >= 0.6 is 0 Å². The molecule has 0 heterocycles. The first-order valence-corrected chi connectivity index (χ1v) is 10.2. The Morgan fingerprint density at radius 1 is 0.852 bits per heavy atom. The molecular formula is C26H38O. The molecular weight excluding hydrogens is 328 g/mol. The Bertz CT molecular complexity index is 726. The van der Waals surface area contributed by atoms with Crippen molar-refractivity contribution < 1.29 is 4.79 Å². The zero-order chi connectivity index (χ0) is 21.0. The van der Waals surface area contributed by atoms with Crippen molar-refractivity contribution in [1.82, 2.24) is 0 Å². The van der Waals surface area contributed by atoms with Crippen LogP contribution in [0.1, 0.15) is 85.3 Å². The highest BCUT2D eigenvalue weighted by atomic mass is 16.1. The number of benzene rings is 2. The molecule has 0 aliphatic heterocycles. The van der Waals surface area contributed by atoms with E-state index >= 15 is 0 Å². The molecule has 2 rings (SSSR count). The van der Waals surface area contributed by atoms with E-state index in [4.69, 9.17) is 0 Å². The summed E-state index contributed by atoms with van der Waals surface area (Å²) in [6, 6.07) is 10.4. The fourth-order valence-corrected chi connectivity index (χ4v) is 2.97. The molecule has 0 amide bonds. The van der Waals surface area contributed by atoms with Crippen molar-refractivity contribution in [2.24, 2.45) is 0 Å². The number of hydrogen-bond acceptors (Lipinski definition) is 1. The molecule has 0 fully saturated rings. The van der Waals surface area contributed by atoms with Crippen LogP contribution in [0.15, 0.2) is 36.4 Å². The molecule has 0 aromatic heterocycles. The Morgan fingerprint density at radius 3 is 1.74 bits per heavy atom. The van der Waals surface area contributed by atoms with Gasteiger partial charge in [0.2, 0.25) is 0 Å². The fraction of sp³-hybridized carbons (Fsp3) is 0.423. The SMILES string of the molecule is C/C=C\c1ccc(C(C)=O)cc1C.CC.CCc1cc(CC)c(C)cc1C. The molecule has 0 saturated heterocycles. The van der Waals surface area contributed by atoms with Crippen molar-refractivity contribution in [3.05, 3.63) is 75.4 Å². The lowest BCUT2D eigenvalue weighted by Gasteiger charge is -2.09. The van der Waals surface area contributed by atoms with Crippen LogP contribution in [-0.4, -0.2) is 5.78 Å². The Hall–Kier alpha value is -2.15. The highest BCUT2D eigenvalue weighted by molar-refractivity contribution is 5.94. The van der Waals surface area contributed by atoms with Crippen molar-refractivity contribution in [3.63, 3.8) is 0 Å². The average molecular weight is 367 g/mol. The predicted molar refractivity (Wildman–Crippen MR) is 122 cm³/mol. The first kappa shape index (κ1) is 24.8. The van der Waals surface area contributed by atoms with Gasteiger partial charge in [-0.2, -0.15) is 0 Å². The minimum absolute atomic E-state index is 0.120. The van der Waals surface area contributed by atoms with Crippen LogP contribution in [0, 0.1) is 20.8 Å². The van der Waals surface area contributed by atoms with Crippen LogP contribution in [0.2, 0.25) is 0 Å². The topological polar surface area (TPSA) is 17.1 Å². The van der Waals surface area contributed by atoms with Crippen molar-refractivity contribution >= 4 is 11.9 Å². The van der Waals surface area contributed by atoms with Gasteiger partial charge in [0.25, 0.3) is 0 Å². The zero-order valence-corrected chi connectivity index (χ0v) is 18.9. The predicted octanol–water partition coefficient (Wildman–Crippen LogP) is 7.69. The number of rotatable bonds is 4. The number of ketones is 1. The molecule has 0 atom stereocenters. The van der Waals surface area contributed by atoms with E-state index in [0.29, 0.717) is 0 Å². The second-order valence-corrected chi connectivity index (χ2v) is 6.54. The first-order valence-electron chi connectivity index (χ1n) is 10.2. The summed E-state index contributed by atoms with van der Waals surface area (Å²) in [5.41, 5.74) is 8.97. The van der Waals surface area contributed by atoms with Gasteiger partial charge in [-0.15, -0.1) is 0 Å². The van der Waals surface area contributed by atoms with E-state index < -0.39 is 0 Å². The number of Topliss-reactive ketones (excluding diaryl/α,β-unsaturated/α-hetero) is 1. The van der Waals surface area contributed by atoms with Gasteiger partial charge in [0.15, 0.2) is 5.78 Å². The summed E-state index contributed by atoms with van der Waals surface area (Å²) >= 11 is 0. The number of carbonyl (C=O) groups excluding carboxylic acids is 1. The van der Waals surface area contributed by atoms with E-state index in [1.165, 1.54) is 27.8 Å². The molecule has 2 aromatic carbocycles. The summed E-state index contributed by atoms with van der Waals surface area (Å²) in [6.45, 7) is 18.4. The smallest absolute Gasteiger partial charge is 0.159 e. The molecule has 0 aliphatic rings. The maximum absolute atomic E-state index is 11.0. The third-order valence-corrected chi connectivity index (χ3v) is 4.58. The monoisotopic (exact) mass is 366 g/mol. The highest BCUT2D eigenvalue weighted by Gasteiger charge is 2.01. The van der Waals surface area contributed by atoms with E-state index in [1.807, 2.05) is 58.0 Å². The maximum Gasteiger partial charge on any atom is 0.159 e. The lowest BCUT2D eigenvalue weighted by molar-refractivity contribution is 0.101. The summed E-state index contributed by atoms with van der Waals surface area (Å²) in [7, 11) is 0. The van der Waals surface area contributed by atoms with Crippen LogP contribution in [0.5, 0.6) is 0 Å². The number of allylic oxidation sites excluding steroid dienone is 1. The Morgan fingerprint density at radius 2 is 1.37 bits per heavy atom. The Balaban J connectivity index is 0.000000460. The molecule has 0 radical (unpaired) electrons. The molecule has 0 N–H and O–H groups in total. The second kappa shape index (κ2) is 13.1. The van der Waals surface area contributed by atoms with Crippen LogP contribution in [0.3, 0.4) is 0 Å². The quantitative estimate of drug-likeness (QED) is 0.507. The summed E-state index contributed by atoms with van der Waals surface area (Å²) in [4.78, 5) is 11.0.